The molecule has 0 bridgehead atoms. The number of benzene rings is 2. The summed E-state index contributed by atoms with van der Waals surface area (Å²) in [6.45, 7) is 1.89. The van der Waals surface area contributed by atoms with Crippen molar-refractivity contribution in [3.8, 4) is 0 Å². The number of halogens is 1. The van der Waals surface area contributed by atoms with Crippen molar-refractivity contribution < 1.29 is 4.79 Å². The first-order chi connectivity index (χ1) is 9.09. The van der Waals surface area contributed by atoms with Gasteiger partial charge in [0.25, 0.3) is 5.91 Å². The van der Waals surface area contributed by atoms with Gasteiger partial charge >= 0.3 is 0 Å². The molecule has 1 atom stereocenters. The maximum atomic E-state index is 12.4. The molecule has 3 rings (SSSR count). The van der Waals surface area contributed by atoms with Gasteiger partial charge in [-0.3, -0.25) is 4.79 Å². The summed E-state index contributed by atoms with van der Waals surface area (Å²) in [5, 5.41) is 6.29. The normalized spacial score (nSPS) is 21.3. The van der Waals surface area contributed by atoms with Crippen molar-refractivity contribution in [3.63, 3.8) is 0 Å². The summed E-state index contributed by atoms with van der Waals surface area (Å²) in [4.78, 5) is 12.4. The zero-order valence-electron chi connectivity index (χ0n) is 10.4. The van der Waals surface area contributed by atoms with Gasteiger partial charge in [0.15, 0.2) is 0 Å². The van der Waals surface area contributed by atoms with Crippen molar-refractivity contribution in [2.45, 2.75) is 12.5 Å². The highest BCUT2D eigenvalue weighted by molar-refractivity contribution is 9.10. The minimum Gasteiger partial charge on any atom is -0.366 e. The topological polar surface area (TPSA) is 41.1 Å². The van der Waals surface area contributed by atoms with Crippen molar-refractivity contribution in [2.75, 3.05) is 10.6 Å². The fourth-order valence-corrected chi connectivity index (χ4v) is 2.64. The van der Waals surface area contributed by atoms with Gasteiger partial charge in [-0.2, -0.15) is 0 Å². The van der Waals surface area contributed by atoms with Crippen LogP contribution in [0.4, 0.5) is 11.4 Å². The fraction of sp³-hybridized carbons (Fsp3) is 0.133. The van der Waals surface area contributed by atoms with Crippen molar-refractivity contribution in [1.29, 1.82) is 0 Å². The summed E-state index contributed by atoms with van der Waals surface area (Å²) in [7, 11) is 0. The Morgan fingerprint density at radius 1 is 1.05 bits per heavy atom. The summed E-state index contributed by atoms with van der Waals surface area (Å²) in [5.74, 6) is -0.0477. The molecule has 0 aliphatic carbocycles. The standard InChI is InChI=1S/C15H13BrN2O/c1-15(10-5-3-2-4-6-10)14(19)17-12-8-7-11(16)9-13(12)18-15/h2-9,18H,1H3,(H,17,19). The lowest BCUT2D eigenvalue weighted by Gasteiger charge is -2.36. The highest BCUT2D eigenvalue weighted by atomic mass is 79.9. The number of carbonyl (C=O) groups excluding carboxylic acids is 1. The van der Waals surface area contributed by atoms with Gasteiger partial charge in [-0.15, -0.1) is 0 Å². The van der Waals surface area contributed by atoms with E-state index in [1.807, 2.05) is 55.5 Å². The average molecular weight is 317 g/mol. The predicted octanol–water partition coefficient (Wildman–Crippen LogP) is 3.73. The summed E-state index contributed by atoms with van der Waals surface area (Å²) >= 11 is 3.45. The van der Waals surface area contributed by atoms with E-state index in [1.54, 1.807) is 0 Å². The Morgan fingerprint density at radius 2 is 1.79 bits per heavy atom. The van der Waals surface area contributed by atoms with Crippen LogP contribution in [0.15, 0.2) is 53.0 Å². The van der Waals surface area contributed by atoms with Crippen molar-refractivity contribution in [1.82, 2.24) is 0 Å². The third-order valence-electron chi connectivity index (χ3n) is 3.42. The minimum atomic E-state index is -0.755. The molecule has 1 unspecified atom stereocenters. The minimum absolute atomic E-state index is 0.0477. The Morgan fingerprint density at radius 3 is 2.53 bits per heavy atom. The zero-order valence-corrected chi connectivity index (χ0v) is 12.0. The van der Waals surface area contributed by atoms with Gasteiger partial charge in [0.2, 0.25) is 0 Å². The summed E-state index contributed by atoms with van der Waals surface area (Å²) < 4.78 is 0.977. The van der Waals surface area contributed by atoms with E-state index >= 15 is 0 Å². The van der Waals surface area contributed by atoms with Crippen LogP contribution in [-0.2, 0) is 10.3 Å². The molecular formula is C15H13BrN2O. The molecule has 1 aliphatic heterocycles. The van der Waals surface area contributed by atoms with Gasteiger partial charge in [-0.05, 0) is 30.7 Å². The lowest BCUT2D eigenvalue weighted by Crippen LogP contribution is -2.47. The lowest BCUT2D eigenvalue weighted by atomic mass is 9.88. The maximum absolute atomic E-state index is 12.4. The number of amides is 1. The molecule has 2 aromatic rings. The number of anilines is 2. The maximum Gasteiger partial charge on any atom is 0.254 e. The van der Waals surface area contributed by atoms with E-state index < -0.39 is 5.54 Å². The summed E-state index contributed by atoms with van der Waals surface area (Å²) in [6.07, 6.45) is 0. The molecule has 3 nitrogen and oxygen atoms in total. The molecule has 4 heteroatoms. The highest BCUT2D eigenvalue weighted by Crippen LogP contribution is 2.37. The first-order valence-electron chi connectivity index (χ1n) is 6.04. The molecule has 1 aliphatic rings. The van der Waals surface area contributed by atoms with E-state index in [9.17, 15) is 4.79 Å². The van der Waals surface area contributed by atoms with E-state index in [4.69, 9.17) is 0 Å². The van der Waals surface area contributed by atoms with Gasteiger partial charge in [-0.1, -0.05) is 46.3 Å². The number of nitrogens with one attached hydrogen (secondary N) is 2. The van der Waals surface area contributed by atoms with E-state index in [2.05, 4.69) is 26.6 Å². The van der Waals surface area contributed by atoms with Crippen LogP contribution in [-0.4, -0.2) is 5.91 Å². The van der Waals surface area contributed by atoms with Crippen LogP contribution in [0.1, 0.15) is 12.5 Å². The molecule has 1 heterocycles. The SMILES string of the molecule is CC1(c2ccccc2)Nc2cc(Br)ccc2NC1=O. The van der Waals surface area contributed by atoms with E-state index in [-0.39, 0.29) is 5.91 Å². The van der Waals surface area contributed by atoms with Crippen molar-refractivity contribution in [2.24, 2.45) is 0 Å². The molecule has 2 N–H and O–H groups in total. The molecule has 0 spiro atoms. The van der Waals surface area contributed by atoms with Crippen LogP contribution in [0.3, 0.4) is 0 Å². The summed E-state index contributed by atoms with van der Waals surface area (Å²) in [5.41, 5.74) is 1.91. The smallest absolute Gasteiger partial charge is 0.254 e. The van der Waals surface area contributed by atoms with Gasteiger partial charge in [0.05, 0.1) is 11.4 Å². The van der Waals surface area contributed by atoms with Gasteiger partial charge < -0.3 is 10.6 Å². The first-order valence-corrected chi connectivity index (χ1v) is 6.83. The molecule has 0 aromatic heterocycles. The largest absolute Gasteiger partial charge is 0.366 e. The molecular weight excluding hydrogens is 304 g/mol. The second kappa shape index (κ2) is 4.38. The Labute approximate surface area is 120 Å². The molecule has 0 radical (unpaired) electrons. The molecule has 96 valence electrons. The highest BCUT2D eigenvalue weighted by Gasteiger charge is 2.39. The third-order valence-corrected chi connectivity index (χ3v) is 3.91. The van der Waals surface area contributed by atoms with Crippen LogP contribution in [0.25, 0.3) is 0 Å². The molecule has 0 saturated heterocycles. The predicted molar refractivity (Wildman–Crippen MR) is 80.2 cm³/mol. The Bertz CT molecular complexity index is 642. The Hall–Kier alpha value is -1.81. The average Bonchev–Trinajstić information content (AvgIpc) is 2.41. The molecule has 19 heavy (non-hydrogen) atoms. The number of fused-ring (bicyclic) bond motifs is 1. The molecule has 2 aromatic carbocycles. The van der Waals surface area contributed by atoms with Gasteiger partial charge in [0.1, 0.15) is 5.54 Å². The third kappa shape index (κ3) is 2.02. The lowest BCUT2D eigenvalue weighted by molar-refractivity contribution is -0.120. The number of hydrogen-bond donors (Lipinski definition) is 2. The number of hydrogen-bond acceptors (Lipinski definition) is 2. The molecule has 0 saturated carbocycles. The van der Waals surface area contributed by atoms with Crippen molar-refractivity contribution in [3.05, 3.63) is 58.6 Å². The van der Waals surface area contributed by atoms with Crippen LogP contribution < -0.4 is 10.6 Å². The second-order valence-electron chi connectivity index (χ2n) is 4.76. The Balaban J connectivity index is 2.08. The van der Waals surface area contributed by atoms with E-state index in [1.165, 1.54) is 0 Å². The first kappa shape index (κ1) is 12.2. The van der Waals surface area contributed by atoms with Crippen LogP contribution in [0.5, 0.6) is 0 Å². The monoisotopic (exact) mass is 316 g/mol. The summed E-state index contributed by atoms with van der Waals surface area (Å²) in [6, 6.07) is 15.5. The van der Waals surface area contributed by atoms with Gasteiger partial charge in [0, 0.05) is 4.47 Å². The second-order valence-corrected chi connectivity index (χ2v) is 5.68. The van der Waals surface area contributed by atoms with Gasteiger partial charge in [-0.25, -0.2) is 0 Å². The zero-order chi connectivity index (χ0) is 13.5. The molecule has 0 fully saturated rings. The fourth-order valence-electron chi connectivity index (χ4n) is 2.28. The van der Waals surface area contributed by atoms with Crippen molar-refractivity contribution >= 4 is 33.2 Å². The van der Waals surface area contributed by atoms with Crippen LogP contribution >= 0.6 is 15.9 Å². The Kier molecular flexibility index (Phi) is 2.82. The van der Waals surface area contributed by atoms with Crippen LogP contribution in [0.2, 0.25) is 0 Å². The van der Waals surface area contributed by atoms with E-state index in [0.29, 0.717) is 0 Å². The number of rotatable bonds is 1. The number of carbonyl (C=O) groups is 1. The molecule has 1 amide bonds. The van der Waals surface area contributed by atoms with Crippen LogP contribution in [0, 0.1) is 0 Å². The quantitative estimate of drug-likeness (QED) is 0.841. The van der Waals surface area contributed by atoms with E-state index in [0.717, 1.165) is 21.4 Å².